The third-order valence-electron chi connectivity index (χ3n) is 4.30. The Labute approximate surface area is 125 Å². The molecule has 1 aromatic rings. The molecule has 2 rings (SSSR count). The van der Waals surface area contributed by atoms with E-state index in [4.69, 9.17) is 5.73 Å². The number of nitrogens with zero attached hydrogens (tertiary/aromatic N) is 2. The van der Waals surface area contributed by atoms with E-state index in [-0.39, 0.29) is 6.10 Å². The molecular formula is C15H25N3O3. The average molecular weight is 295 g/mol. The lowest BCUT2D eigenvalue weighted by atomic mass is 9.93. The highest BCUT2D eigenvalue weighted by atomic mass is 16.4. The molecule has 1 saturated carbocycles. The molecule has 0 saturated heterocycles. The van der Waals surface area contributed by atoms with Crippen molar-refractivity contribution >= 4 is 5.97 Å². The Morgan fingerprint density at radius 3 is 2.76 bits per heavy atom. The third-order valence-corrected chi connectivity index (χ3v) is 4.30. The molecule has 0 radical (unpaired) electrons. The van der Waals surface area contributed by atoms with Crippen LogP contribution in [0.1, 0.15) is 50.3 Å². The van der Waals surface area contributed by atoms with Crippen molar-refractivity contribution in [1.29, 1.82) is 0 Å². The average Bonchev–Trinajstić information content (AvgIpc) is 2.92. The number of nitrogens with two attached hydrogens (primary N) is 1. The number of hydrogen-bond acceptors (Lipinski definition) is 4. The van der Waals surface area contributed by atoms with E-state index in [2.05, 4.69) is 9.55 Å². The summed E-state index contributed by atoms with van der Waals surface area (Å²) in [5, 5.41) is 18.8. The van der Waals surface area contributed by atoms with Crippen molar-refractivity contribution in [1.82, 2.24) is 9.55 Å². The Bertz CT molecular complexity index is 453. The number of imidazole rings is 1. The fraction of sp³-hybridized carbons (Fsp3) is 0.733. The molecule has 1 unspecified atom stereocenters. The van der Waals surface area contributed by atoms with E-state index in [9.17, 15) is 15.0 Å². The number of aliphatic hydroxyl groups excluding tert-OH is 1. The van der Waals surface area contributed by atoms with Crippen molar-refractivity contribution in [2.75, 3.05) is 6.54 Å². The van der Waals surface area contributed by atoms with Gasteiger partial charge in [-0.1, -0.05) is 0 Å². The van der Waals surface area contributed by atoms with Gasteiger partial charge in [-0.15, -0.1) is 0 Å². The highest BCUT2D eigenvalue weighted by Crippen LogP contribution is 2.28. The molecule has 1 aromatic heterocycles. The molecule has 1 fully saturated rings. The van der Waals surface area contributed by atoms with Crippen LogP contribution in [0.3, 0.4) is 0 Å². The molecular weight excluding hydrogens is 270 g/mol. The zero-order valence-corrected chi connectivity index (χ0v) is 12.3. The van der Waals surface area contributed by atoms with Crippen molar-refractivity contribution in [3.63, 3.8) is 0 Å². The second-order valence-electron chi connectivity index (χ2n) is 5.94. The number of aromatic nitrogens is 2. The summed E-state index contributed by atoms with van der Waals surface area (Å²) < 4.78 is 2.07. The fourth-order valence-corrected chi connectivity index (χ4v) is 2.97. The molecule has 0 aliphatic heterocycles. The van der Waals surface area contributed by atoms with E-state index in [0.717, 1.165) is 37.8 Å². The number of carboxylic acids is 1. The zero-order valence-electron chi connectivity index (χ0n) is 12.3. The summed E-state index contributed by atoms with van der Waals surface area (Å²) in [6.07, 6.45) is 8.90. The lowest BCUT2D eigenvalue weighted by molar-refractivity contribution is -0.142. The van der Waals surface area contributed by atoms with Crippen LogP contribution in [-0.4, -0.2) is 38.4 Å². The summed E-state index contributed by atoms with van der Waals surface area (Å²) in [4.78, 5) is 15.6. The van der Waals surface area contributed by atoms with Gasteiger partial charge in [0.15, 0.2) is 0 Å². The molecule has 1 heterocycles. The third kappa shape index (κ3) is 4.54. The van der Waals surface area contributed by atoms with Gasteiger partial charge in [0.1, 0.15) is 0 Å². The first-order valence-corrected chi connectivity index (χ1v) is 7.73. The van der Waals surface area contributed by atoms with Gasteiger partial charge in [-0.05, 0) is 45.1 Å². The second kappa shape index (κ2) is 7.56. The summed E-state index contributed by atoms with van der Waals surface area (Å²) in [7, 11) is 0. The van der Waals surface area contributed by atoms with Crippen molar-refractivity contribution in [3.8, 4) is 0 Å². The Kier molecular flexibility index (Phi) is 5.76. The highest BCUT2D eigenvalue weighted by Gasteiger charge is 2.22. The Balaban J connectivity index is 1.93. The van der Waals surface area contributed by atoms with Crippen LogP contribution in [-0.2, 0) is 11.2 Å². The lowest BCUT2D eigenvalue weighted by Gasteiger charge is -2.26. The Morgan fingerprint density at radius 1 is 1.43 bits per heavy atom. The van der Waals surface area contributed by atoms with Crippen molar-refractivity contribution in [2.24, 2.45) is 11.7 Å². The Hall–Kier alpha value is -1.40. The quantitative estimate of drug-likeness (QED) is 0.704. The molecule has 0 amide bonds. The minimum atomic E-state index is -0.779. The van der Waals surface area contributed by atoms with Crippen LogP contribution < -0.4 is 5.73 Å². The predicted octanol–water partition coefficient (Wildman–Crippen LogP) is 1.34. The van der Waals surface area contributed by atoms with Crippen LogP contribution in [0.5, 0.6) is 0 Å². The standard InChI is InChI=1S/C15H25N3O3/c16-7-1-2-11(15(20)21)8-12-9-18(10-17-12)13-3-5-14(19)6-4-13/h9-11,13-14,19H,1-8,16H2,(H,20,21). The van der Waals surface area contributed by atoms with Crippen molar-refractivity contribution in [3.05, 3.63) is 18.2 Å². The van der Waals surface area contributed by atoms with E-state index >= 15 is 0 Å². The van der Waals surface area contributed by atoms with Crippen LogP contribution in [0.4, 0.5) is 0 Å². The topological polar surface area (TPSA) is 101 Å². The molecule has 21 heavy (non-hydrogen) atoms. The summed E-state index contributed by atoms with van der Waals surface area (Å²) in [6, 6.07) is 0.377. The number of aliphatic carboxylic acids is 1. The zero-order chi connectivity index (χ0) is 15.2. The van der Waals surface area contributed by atoms with Gasteiger partial charge in [0.05, 0.1) is 24.0 Å². The molecule has 118 valence electrons. The maximum Gasteiger partial charge on any atom is 0.306 e. The summed E-state index contributed by atoms with van der Waals surface area (Å²) in [5.41, 5.74) is 6.27. The monoisotopic (exact) mass is 295 g/mol. The van der Waals surface area contributed by atoms with Crippen LogP contribution in [0.2, 0.25) is 0 Å². The minimum Gasteiger partial charge on any atom is -0.481 e. The number of rotatable bonds is 7. The first-order chi connectivity index (χ1) is 10.1. The smallest absolute Gasteiger partial charge is 0.306 e. The van der Waals surface area contributed by atoms with Crippen LogP contribution in [0, 0.1) is 5.92 Å². The predicted molar refractivity (Wildman–Crippen MR) is 78.9 cm³/mol. The van der Waals surface area contributed by atoms with Crippen molar-refractivity contribution < 1.29 is 15.0 Å². The molecule has 6 nitrogen and oxygen atoms in total. The molecule has 0 aromatic carbocycles. The van der Waals surface area contributed by atoms with Gasteiger partial charge in [0.2, 0.25) is 0 Å². The van der Waals surface area contributed by atoms with Gasteiger partial charge in [0.25, 0.3) is 0 Å². The normalized spacial score (nSPS) is 23.9. The van der Waals surface area contributed by atoms with E-state index in [1.807, 2.05) is 6.20 Å². The first-order valence-electron chi connectivity index (χ1n) is 7.73. The number of aliphatic hydroxyl groups is 1. The van der Waals surface area contributed by atoms with E-state index in [1.165, 1.54) is 0 Å². The van der Waals surface area contributed by atoms with Gasteiger partial charge in [0, 0.05) is 18.7 Å². The summed E-state index contributed by atoms with van der Waals surface area (Å²) in [6.45, 7) is 0.516. The SMILES string of the molecule is NCCCC(Cc1cn(C2CCC(O)CC2)cn1)C(=O)O. The molecule has 1 aliphatic carbocycles. The van der Waals surface area contributed by atoms with Gasteiger partial charge < -0.3 is 20.5 Å². The minimum absolute atomic E-state index is 0.170. The fourth-order valence-electron chi connectivity index (χ4n) is 2.97. The second-order valence-corrected chi connectivity index (χ2v) is 5.94. The molecule has 1 atom stereocenters. The Morgan fingerprint density at radius 2 is 2.14 bits per heavy atom. The van der Waals surface area contributed by atoms with Gasteiger partial charge in [-0.25, -0.2) is 4.98 Å². The summed E-state index contributed by atoms with van der Waals surface area (Å²) >= 11 is 0. The van der Waals surface area contributed by atoms with Gasteiger partial charge in [-0.3, -0.25) is 4.79 Å². The van der Waals surface area contributed by atoms with Crippen LogP contribution in [0.25, 0.3) is 0 Å². The largest absolute Gasteiger partial charge is 0.481 e. The van der Waals surface area contributed by atoms with E-state index in [1.54, 1.807) is 6.33 Å². The maximum absolute atomic E-state index is 11.3. The molecule has 0 spiro atoms. The lowest BCUT2D eigenvalue weighted by Crippen LogP contribution is -2.20. The van der Waals surface area contributed by atoms with Gasteiger partial charge >= 0.3 is 5.97 Å². The molecule has 4 N–H and O–H groups in total. The highest BCUT2D eigenvalue weighted by molar-refractivity contribution is 5.70. The van der Waals surface area contributed by atoms with Crippen molar-refractivity contribution in [2.45, 2.75) is 57.1 Å². The van der Waals surface area contributed by atoms with Gasteiger partial charge in [-0.2, -0.15) is 0 Å². The summed E-state index contributed by atoms with van der Waals surface area (Å²) in [5.74, 6) is -1.19. The molecule has 6 heteroatoms. The molecule has 1 aliphatic rings. The number of hydrogen-bond donors (Lipinski definition) is 3. The maximum atomic E-state index is 11.3. The molecule has 0 bridgehead atoms. The number of carbonyl (C=O) groups is 1. The van der Waals surface area contributed by atoms with E-state index < -0.39 is 11.9 Å². The first kappa shape index (κ1) is 16.0. The van der Waals surface area contributed by atoms with Crippen LogP contribution >= 0.6 is 0 Å². The van der Waals surface area contributed by atoms with E-state index in [0.29, 0.717) is 25.4 Å². The van der Waals surface area contributed by atoms with Crippen LogP contribution in [0.15, 0.2) is 12.5 Å². The number of carboxylic acid groups (broad SMARTS) is 1.